The molecule has 1 aliphatic heterocycles. The van der Waals surface area contributed by atoms with Gasteiger partial charge in [-0.1, -0.05) is 0 Å². The van der Waals surface area contributed by atoms with Crippen LogP contribution in [0.1, 0.15) is 5.56 Å². The van der Waals surface area contributed by atoms with Crippen molar-refractivity contribution < 1.29 is 3.83 Å². The van der Waals surface area contributed by atoms with Crippen molar-refractivity contribution >= 4 is 22.8 Å². The normalized spacial score (nSPS) is 14.9. The summed E-state index contributed by atoms with van der Waals surface area (Å²) in [6, 6.07) is 22.5. The number of hydrogen-bond donors (Lipinski definition) is 0. The Morgan fingerprint density at radius 1 is 0.846 bits per heavy atom. The van der Waals surface area contributed by atoms with Gasteiger partial charge in [-0.05, 0) is 0 Å². The summed E-state index contributed by atoms with van der Waals surface area (Å²) in [5.74, 6) is 0. The van der Waals surface area contributed by atoms with Gasteiger partial charge in [-0.15, -0.1) is 0 Å². The van der Waals surface area contributed by atoms with Crippen LogP contribution in [-0.4, -0.2) is 23.6 Å². The van der Waals surface area contributed by atoms with E-state index in [9.17, 15) is 3.83 Å². The number of aryl methyl sites for hydroxylation is 1. The Kier molecular flexibility index (Phi) is 3.49. The fourth-order valence-electron chi connectivity index (χ4n) is 3.48. The van der Waals surface area contributed by atoms with E-state index in [2.05, 4.69) is 48.6 Å². The summed E-state index contributed by atoms with van der Waals surface area (Å²) < 4.78 is 16.6. The summed E-state index contributed by atoms with van der Waals surface area (Å²) in [7, 11) is 0. The third-order valence-corrected chi connectivity index (χ3v) is 8.00. The van der Waals surface area contributed by atoms with Crippen molar-refractivity contribution in [2.24, 2.45) is 0 Å². The molecule has 26 heavy (non-hydrogen) atoms. The fraction of sp³-hybridized carbons (Fsp3) is 0.0455. The topological polar surface area (TPSA) is 34.9 Å². The quantitative estimate of drug-likeness (QED) is 0.424. The van der Waals surface area contributed by atoms with Crippen molar-refractivity contribution in [3.8, 4) is 27.9 Å². The number of benzene rings is 3. The molecule has 3 aromatic carbocycles. The van der Waals surface area contributed by atoms with E-state index in [-0.39, 0.29) is 0 Å². The molecule has 1 atom stereocenters. The number of hydrogen-bond acceptors (Lipinski definition) is 2. The van der Waals surface area contributed by atoms with E-state index in [0.717, 1.165) is 36.9 Å². The van der Waals surface area contributed by atoms with Gasteiger partial charge in [0, 0.05) is 0 Å². The van der Waals surface area contributed by atoms with Gasteiger partial charge in [0.15, 0.2) is 0 Å². The zero-order valence-corrected chi connectivity index (χ0v) is 15.9. The van der Waals surface area contributed by atoms with Crippen molar-refractivity contribution in [2.75, 3.05) is 0 Å². The van der Waals surface area contributed by atoms with E-state index in [1.54, 1.807) is 0 Å². The number of para-hydroxylation sites is 1. The average Bonchev–Trinajstić information content (AvgIpc) is 3.27. The molecule has 0 amide bonds. The molecule has 1 unspecified atom stereocenters. The molecule has 1 aromatic heterocycles. The maximum atomic E-state index is 12.8. The molecule has 5 rings (SSSR count). The Morgan fingerprint density at radius 2 is 1.62 bits per heavy atom. The Bertz CT molecular complexity index is 1180. The van der Waals surface area contributed by atoms with Gasteiger partial charge >= 0.3 is 156 Å². The van der Waals surface area contributed by atoms with Gasteiger partial charge in [0.05, 0.1) is 0 Å². The number of aromatic nitrogens is 2. The molecule has 0 saturated heterocycles. The van der Waals surface area contributed by atoms with E-state index in [1.165, 1.54) is 5.56 Å². The van der Waals surface area contributed by atoms with Gasteiger partial charge in [0.2, 0.25) is 0 Å². The van der Waals surface area contributed by atoms with Crippen LogP contribution in [0.5, 0.6) is 0 Å². The molecule has 0 radical (unpaired) electrons. The molecule has 0 fully saturated rings. The van der Waals surface area contributed by atoms with E-state index >= 15 is 0 Å². The molecular formula is C22H16N2OSe. The first-order valence-electron chi connectivity index (χ1n) is 8.49. The fourth-order valence-corrected chi connectivity index (χ4v) is 6.36. The summed E-state index contributed by atoms with van der Waals surface area (Å²) in [4.78, 5) is 0. The second-order valence-corrected chi connectivity index (χ2v) is 9.41. The second-order valence-electron chi connectivity index (χ2n) is 6.44. The molecule has 126 valence electrons. The van der Waals surface area contributed by atoms with Gasteiger partial charge in [-0.2, -0.15) is 0 Å². The average molecular weight is 403 g/mol. The van der Waals surface area contributed by atoms with Crippen molar-refractivity contribution in [2.45, 2.75) is 6.92 Å². The zero-order chi connectivity index (χ0) is 17.7. The molecule has 0 saturated carbocycles. The van der Waals surface area contributed by atoms with Crippen LogP contribution < -0.4 is 8.92 Å². The molecular weight excluding hydrogens is 387 g/mol. The van der Waals surface area contributed by atoms with E-state index in [0.29, 0.717) is 0 Å². The summed E-state index contributed by atoms with van der Waals surface area (Å²) in [6.45, 7) is 2.08. The first-order valence-corrected chi connectivity index (χ1v) is 10.9. The summed E-state index contributed by atoms with van der Waals surface area (Å²) in [5.41, 5.74) is 6.63. The van der Waals surface area contributed by atoms with Crippen LogP contribution in [0.25, 0.3) is 27.9 Å². The third kappa shape index (κ3) is 2.31. The van der Waals surface area contributed by atoms with Gasteiger partial charge < -0.3 is 0 Å². The van der Waals surface area contributed by atoms with E-state index in [4.69, 9.17) is 0 Å². The van der Waals surface area contributed by atoms with Crippen LogP contribution in [-0.2, 0) is 3.83 Å². The van der Waals surface area contributed by atoms with Crippen LogP contribution in [0.4, 0.5) is 0 Å². The Balaban J connectivity index is 1.60. The van der Waals surface area contributed by atoms with Crippen LogP contribution >= 0.6 is 0 Å². The molecule has 0 N–H and O–H groups in total. The van der Waals surface area contributed by atoms with Crippen molar-refractivity contribution in [1.82, 2.24) is 9.78 Å². The zero-order valence-electron chi connectivity index (χ0n) is 14.2. The standard InChI is InChI=1S/C22H16N2OSe/c1-15-6-2-4-8-20(15)24-14-17(13-23-24)16-10-11-22-19(12-16)18-7-3-5-9-21(18)26(22)25/h2-14H,1H3. The van der Waals surface area contributed by atoms with Crippen LogP contribution in [0.15, 0.2) is 79.1 Å². The molecule has 4 aromatic rings. The first-order chi connectivity index (χ1) is 12.7. The SMILES string of the molecule is Cc1ccccc1-n1cc(-c2ccc3c(c2)-c2ccccc2[Se]3=O)cn1. The Labute approximate surface area is 156 Å². The summed E-state index contributed by atoms with van der Waals surface area (Å²) >= 11 is -2.13. The number of fused-ring (bicyclic) bond motifs is 3. The van der Waals surface area contributed by atoms with Crippen molar-refractivity contribution in [3.63, 3.8) is 0 Å². The minimum atomic E-state index is -2.13. The molecule has 4 heteroatoms. The van der Waals surface area contributed by atoms with Crippen LogP contribution in [0.2, 0.25) is 0 Å². The summed E-state index contributed by atoms with van der Waals surface area (Å²) in [6.07, 6.45) is 3.94. The predicted molar refractivity (Wildman–Crippen MR) is 105 cm³/mol. The Morgan fingerprint density at radius 3 is 2.50 bits per heavy atom. The van der Waals surface area contributed by atoms with E-state index < -0.39 is 13.8 Å². The van der Waals surface area contributed by atoms with Crippen molar-refractivity contribution in [1.29, 1.82) is 0 Å². The molecule has 0 bridgehead atoms. The second kappa shape index (κ2) is 5.87. The van der Waals surface area contributed by atoms with Crippen LogP contribution in [0, 0.1) is 6.92 Å². The van der Waals surface area contributed by atoms with Gasteiger partial charge in [-0.3, -0.25) is 0 Å². The molecule has 2 heterocycles. The van der Waals surface area contributed by atoms with Crippen molar-refractivity contribution in [3.05, 3.63) is 84.7 Å². The first kappa shape index (κ1) is 15.4. The third-order valence-electron chi connectivity index (χ3n) is 4.83. The molecule has 3 nitrogen and oxygen atoms in total. The molecule has 0 spiro atoms. The number of rotatable bonds is 2. The van der Waals surface area contributed by atoms with Crippen LogP contribution in [0.3, 0.4) is 0 Å². The summed E-state index contributed by atoms with van der Waals surface area (Å²) in [5, 5.41) is 4.54. The minimum absolute atomic E-state index is 0.987. The van der Waals surface area contributed by atoms with Gasteiger partial charge in [0.25, 0.3) is 0 Å². The van der Waals surface area contributed by atoms with Gasteiger partial charge in [-0.25, -0.2) is 0 Å². The molecule has 0 aliphatic carbocycles. The van der Waals surface area contributed by atoms with Gasteiger partial charge in [0.1, 0.15) is 0 Å². The maximum absolute atomic E-state index is 12.8. The molecule has 1 aliphatic rings. The Hall–Kier alpha value is -2.81. The number of nitrogens with zero attached hydrogens (tertiary/aromatic N) is 2. The monoisotopic (exact) mass is 404 g/mol. The predicted octanol–water partition coefficient (Wildman–Crippen LogP) is 3.36. The van der Waals surface area contributed by atoms with E-state index in [1.807, 2.05) is 47.3 Å².